The molecule has 1 heterocycles. The van der Waals surface area contributed by atoms with Gasteiger partial charge in [0.15, 0.2) is 5.96 Å². The number of likely N-dealkylation sites (tertiary alicyclic amines) is 1. The first-order valence-electron chi connectivity index (χ1n) is 10.8. The third-order valence-corrected chi connectivity index (χ3v) is 7.29. The summed E-state index contributed by atoms with van der Waals surface area (Å²) in [6, 6.07) is 11.4. The molecule has 1 aliphatic heterocycles. The first-order valence-corrected chi connectivity index (χ1v) is 12.3. The van der Waals surface area contributed by atoms with E-state index < -0.39 is 10.8 Å². The fraction of sp³-hybridized carbons (Fsp3) is 0.682. The Hall–Kier alpha value is -0.670. The van der Waals surface area contributed by atoms with E-state index in [9.17, 15) is 4.21 Å². The standard InChI is InChI=1S/C22H36N4OS.HI/c1-23-22(24-14-17-28(27)18-19-8-4-2-5-9-19)25-20-12-15-26(16-13-20)21-10-6-3-7-11-21;/h2,4-5,8-9,20-21H,3,6-7,10-18H2,1H3,(H2,23,24,25);1H. The van der Waals surface area contributed by atoms with Crippen molar-refractivity contribution in [3.8, 4) is 0 Å². The second-order valence-corrected chi connectivity index (χ2v) is 9.60. The molecule has 164 valence electrons. The Morgan fingerprint density at radius 1 is 1.10 bits per heavy atom. The molecule has 29 heavy (non-hydrogen) atoms. The minimum absolute atomic E-state index is 0. The number of guanidine groups is 1. The van der Waals surface area contributed by atoms with Crippen molar-refractivity contribution in [3.63, 3.8) is 0 Å². The molecule has 1 unspecified atom stereocenters. The van der Waals surface area contributed by atoms with Crippen LogP contribution in [0.2, 0.25) is 0 Å². The van der Waals surface area contributed by atoms with Gasteiger partial charge in [0.25, 0.3) is 0 Å². The molecule has 0 aromatic heterocycles. The van der Waals surface area contributed by atoms with E-state index in [0.29, 0.717) is 24.1 Å². The van der Waals surface area contributed by atoms with Crippen molar-refractivity contribution in [2.24, 2.45) is 4.99 Å². The van der Waals surface area contributed by atoms with Crippen molar-refractivity contribution in [2.45, 2.75) is 62.8 Å². The Bertz CT molecular complexity index is 629. The van der Waals surface area contributed by atoms with E-state index in [4.69, 9.17) is 0 Å². The Morgan fingerprint density at radius 2 is 1.79 bits per heavy atom. The van der Waals surface area contributed by atoms with Crippen molar-refractivity contribution < 1.29 is 4.21 Å². The van der Waals surface area contributed by atoms with Crippen molar-refractivity contribution in [2.75, 3.05) is 32.4 Å². The lowest BCUT2D eigenvalue weighted by atomic mass is 9.92. The number of nitrogens with one attached hydrogen (secondary N) is 2. The summed E-state index contributed by atoms with van der Waals surface area (Å²) in [6.07, 6.45) is 9.37. The molecule has 1 aliphatic carbocycles. The average Bonchev–Trinajstić information content (AvgIpc) is 2.75. The molecule has 2 fully saturated rings. The summed E-state index contributed by atoms with van der Waals surface area (Å²) in [5.41, 5.74) is 1.13. The second-order valence-electron chi connectivity index (χ2n) is 8.02. The van der Waals surface area contributed by atoms with Crippen LogP contribution in [0.5, 0.6) is 0 Å². The van der Waals surface area contributed by atoms with Crippen LogP contribution in [-0.2, 0) is 16.6 Å². The fourth-order valence-corrected chi connectivity index (χ4v) is 5.40. The van der Waals surface area contributed by atoms with Gasteiger partial charge >= 0.3 is 0 Å². The summed E-state index contributed by atoms with van der Waals surface area (Å²) >= 11 is 0. The predicted molar refractivity (Wildman–Crippen MR) is 135 cm³/mol. The topological polar surface area (TPSA) is 56.7 Å². The van der Waals surface area contributed by atoms with Crippen LogP contribution in [0.4, 0.5) is 0 Å². The van der Waals surface area contributed by atoms with E-state index in [1.807, 2.05) is 37.4 Å². The summed E-state index contributed by atoms with van der Waals surface area (Å²) in [6.45, 7) is 3.07. The van der Waals surface area contributed by atoms with Crippen LogP contribution in [0.3, 0.4) is 0 Å². The molecule has 1 saturated heterocycles. The smallest absolute Gasteiger partial charge is 0.191 e. The zero-order valence-electron chi connectivity index (χ0n) is 17.6. The highest BCUT2D eigenvalue weighted by molar-refractivity contribution is 14.0. The fourth-order valence-electron chi connectivity index (χ4n) is 4.36. The maximum Gasteiger partial charge on any atom is 0.191 e. The van der Waals surface area contributed by atoms with Gasteiger partial charge in [0.2, 0.25) is 0 Å². The van der Waals surface area contributed by atoms with Crippen molar-refractivity contribution in [3.05, 3.63) is 35.9 Å². The minimum atomic E-state index is -0.856. The van der Waals surface area contributed by atoms with Crippen LogP contribution in [0.1, 0.15) is 50.5 Å². The Morgan fingerprint density at radius 3 is 2.45 bits per heavy atom. The predicted octanol–water partition coefficient (Wildman–Crippen LogP) is 3.52. The van der Waals surface area contributed by atoms with Crippen molar-refractivity contribution in [1.82, 2.24) is 15.5 Å². The van der Waals surface area contributed by atoms with Gasteiger partial charge in [-0.05, 0) is 31.2 Å². The summed E-state index contributed by atoms with van der Waals surface area (Å²) in [5.74, 6) is 2.09. The van der Waals surface area contributed by atoms with Crippen LogP contribution in [0, 0.1) is 0 Å². The molecule has 0 radical (unpaired) electrons. The van der Waals surface area contributed by atoms with E-state index >= 15 is 0 Å². The largest absolute Gasteiger partial charge is 0.355 e. The number of hydrogen-bond donors (Lipinski definition) is 2. The molecule has 2 aliphatic rings. The van der Waals surface area contributed by atoms with E-state index in [0.717, 1.165) is 17.6 Å². The third kappa shape index (κ3) is 8.53. The molecule has 1 atom stereocenters. The van der Waals surface area contributed by atoms with E-state index in [1.165, 1.54) is 58.0 Å². The lowest BCUT2D eigenvalue weighted by Gasteiger charge is -2.39. The van der Waals surface area contributed by atoms with Gasteiger partial charge < -0.3 is 15.5 Å². The van der Waals surface area contributed by atoms with Crippen molar-refractivity contribution >= 4 is 40.7 Å². The highest BCUT2D eigenvalue weighted by atomic mass is 127. The molecular formula is C22H37IN4OS. The van der Waals surface area contributed by atoms with Gasteiger partial charge in [-0.2, -0.15) is 0 Å². The van der Waals surface area contributed by atoms with Crippen LogP contribution >= 0.6 is 24.0 Å². The molecule has 1 aromatic rings. The van der Waals surface area contributed by atoms with Crippen LogP contribution < -0.4 is 10.6 Å². The van der Waals surface area contributed by atoms with Gasteiger partial charge in [-0.25, -0.2) is 0 Å². The molecule has 0 amide bonds. The van der Waals surface area contributed by atoms with E-state index in [-0.39, 0.29) is 24.0 Å². The van der Waals surface area contributed by atoms with Crippen molar-refractivity contribution in [1.29, 1.82) is 0 Å². The third-order valence-electron chi connectivity index (χ3n) is 5.98. The van der Waals surface area contributed by atoms with Gasteiger partial charge in [-0.15, -0.1) is 24.0 Å². The van der Waals surface area contributed by atoms with Crippen LogP contribution in [-0.4, -0.2) is 59.6 Å². The number of hydrogen-bond acceptors (Lipinski definition) is 3. The first-order chi connectivity index (χ1) is 13.7. The summed E-state index contributed by atoms with van der Waals surface area (Å²) in [7, 11) is 0.957. The van der Waals surface area contributed by atoms with Gasteiger partial charge in [-0.3, -0.25) is 9.20 Å². The molecule has 0 spiro atoms. The van der Waals surface area contributed by atoms with E-state index in [1.54, 1.807) is 0 Å². The number of nitrogens with zero attached hydrogens (tertiary/aromatic N) is 2. The number of rotatable bonds is 7. The molecular weight excluding hydrogens is 495 g/mol. The summed E-state index contributed by atoms with van der Waals surface area (Å²) in [4.78, 5) is 7.06. The second kappa shape index (κ2) is 13.6. The summed E-state index contributed by atoms with van der Waals surface area (Å²) in [5, 5.41) is 6.91. The Labute approximate surface area is 196 Å². The zero-order chi connectivity index (χ0) is 19.6. The first kappa shape index (κ1) is 24.6. The normalized spacial score (nSPS) is 20.7. The van der Waals surface area contributed by atoms with Gasteiger partial charge in [0.1, 0.15) is 0 Å². The summed E-state index contributed by atoms with van der Waals surface area (Å²) < 4.78 is 12.3. The molecule has 2 N–H and O–H groups in total. The minimum Gasteiger partial charge on any atom is -0.355 e. The van der Waals surface area contributed by atoms with Crippen LogP contribution in [0.25, 0.3) is 0 Å². The van der Waals surface area contributed by atoms with Crippen LogP contribution in [0.15, 0.2) is 35.3 Å². The zero-order valence-corrected chi connectivity index (χ0v) is 20.8. The maximum absolute atomic E-state index is 12.3. The van der Waals surface area contributed by atoms with Gasteiger partial charge in [0, 0.05) is 61.1 Å². The Kier molecular flexibility index (Phi) is 11.5. The molecule has 1 aromatic carbocycles. The van der Waals surface area contributed by atoms with Gasteiger partial charge in [0.05, 0.1) is 0 Å². The number of halogens is 1. The molecule has 3 rings (SSSR count). The molecule has 0 bridgehead atoms. The highest BCUT2D eigenvalue weighted by Gasteiger charge is 2.26. The molecule has 5 nitrogen and oxygen atoms in total. The van der Waals surface area contributed by atoms with Gasteiger partial charge in [-0.1, -0.05) is 49.6 Å². The maximum atomic E-state index is 12.3. The highest BCUT2D eigenvalue weighted by Crippen LogP contribution is 2.25. The van der Waals surface area contributed by atoms with E-state index in [2.05, 4.69) is 20.5 Å². The lowest BCUT2D eigenvalue weighted by molar-refractivity contribution is 0.119. The average molecular weight is 533 g/mol. The number of aliphatic imine (C=N–C) groups is 1. The number of piperidine rings is 1. The number of benzene rings is 1. The molecule has 7 heteroatoms. The quantitative estimate of drug-likeness (QED) is 0.321. The molecule has 1 saturated carbocycles. The lowest BCUT2D eigenvalue weighted by Crippen LogP contribution is -2.51. The monoisotopic (exact) mass is 532 g/mol. The Balaban J connectivity index is 0.00000300. The SMILES string of the molecule is CN=C(NCCS(=O)Cc1ccccc1)NC1CCN(C2CCCCC2)CC1.I.